The van der Waals surface area contributed by atoms with Crippen LogP contribution in [0.4, 0.5) is 4.39 Å². The number of aliphatic hydroxyl groups is 1. The van der Waals surface area contributed by atoms with E-state index < -0.39 is 5.82 Å². The topological polar surface area (TPSA) is 53.2 Å². The maximum absolute atomic E-state index is 13.2. The summed E-state index contributed by atoms with van der Waals surface area (Å²) in [6.45, 7) is 0.586. The highest BCUT2D eigenvalue weighted by Crippen LogP contribution is 2.26. The Morgan fingerprint density at radius 2 is 2.00 bits per heavy atom. The van der Waals surface area contributed by atoms with Gasteiger partial charge in [-0.25, -0.2) is 4.39 Å². The van der Waals surface area contributed by atoms with Crippen LogP contribution in [0.3, 0.4) is 0 Å². The summed E-state index contributed by atoms with van der Waals surface area (Å²) in [5, 5.41) is 17.8. The largest absolute Gasteiger partial charge is 0.396 e. The standard InChI is InChI=1S/C15H18FNO2/c16-14-6-12(8-17)5-13(7-14)10-19-15-3-1-11(9-18)2-4-15/h5-7,11,15,18H,1-4,9-10H2. The van der Waals surface area contributed by atoms with Gasteiger partial charge >= 0.3 is 0 Å². The molecule has 0 radical (unpaired) electrons. The fourth-order valence-electron chi connectivity index (χ4n) is 2.49. The molecule has 1 aromatic carbocycles. The zero-order valence-corrected chi connectivity index (χ0v) is 10.8. The first-order valence-corrected chi connectivity index (χ1v) is 6.63. The molecule has 4 heteroatoms. The van der Waals surface area contributed by atoms with Crippen molar-refractivity contribution in [2.75, 3.05) is 6.61 Å². The van der Waals surface area contributed by atoms with E-state index in [4.69, 9.17) is 15.1 Å². The number of hydrogen-bond acceptors (Lipinski definition) is 3. The molecule has 0 aromatic heterocycles. The van der Waals surface area contributed by atoms with Crippen molar-refractivity contribution in [1.82, 2.24) is 0 Å². The molecule has 0 heterocycles. The van der Waals surface area contributed by atoms with Gasteiger partial charge in [-0.05, 0) is 55.4 Å². The van der Waals surface area contributed by atoms with E-state index in [1.54, 1.807) is 6.07 Å². The lowest BCUT2D eigenvalue weighted by Crippen LogP contribution is -2.23. The highest BCUT2D eigenvalue weighted by atomic mass is 19.1. The molecule has 0 saturated heterocycles. The molecule has 1 fully saturated rings. The minimum Gasteiger partial charge on any atom is -0.396 e. The monoisotopic (exact) mass is 263 g/mol. The molecule has 19 heavy (non-hydrogen) atoms. The van der Waals surface area contributed by atoms with Crippen molar-refractivity contribution >= 4 is 0 Å². The number of nitriles is 1. The molecule has 3 nitrogen and oxygen atoms in total. The molecule has 2 rings (SSSR count). The first-order valence-electron chi connectivity index (χ1n) is 6.63. The van der Waals surface area contributed by atoms with Gasteiger partial charge in [0.15, 0.2) is 0 Å². The maximum atomic E-state index is 13.2. The van der Waals surface area contributed by atoms with Crippen LogP contribution in [-0.2, 0) is 11.3 Å². The normalized spacial score (nSPS) is 23.0. The van der Waals surface area contributed by atoms with Crippen LogP contribution < -0.4 is 0 Å². The van der Waals surface area contributed by atoms with Crippen LogP contribution in [-0.4, -0.2) is 17.8 Å². The molecule has 1 aliphatic carbocycles. The molecular formula is C15H18FNO2. The van der Waals surface area contributed by atoms with Crippen molar-refractivity contribution in [2.45, 2.75) is 38.4 Å². The van der Waals surface area contributed by atoms with Crippen molar-refractivity contribution in [1.29, 1.82) is 5.26 Å². The summed E-state index contributed by atoms with van der Waals surface area (Å²) in [6.07, 6.45) is 4.01. The molecule has 1 saturated carbocycles. The maximum Gasteiger partial charge on any atom is 0.124 e. The minimum atomic E-state index is -0.401. The lowest BCUT2D eigenvalue weighted by Gasteiger charge is -2.27. The van der Waals surface area contributed by atoms with Crippen LogP contribution in [0.15, 0.2) is 18.2 Å². The van der Waals surface area contributed by atoms with E-state index in [2.05, 4.69) is 0 Å². The zero-order valence-electron chi connectivity index (χ0n) is 10.8. The van der Waals surface area contributed by atoms with E-state index in [1.807, 2.05) is 6.07 Å². The van der Waals surface area contributed by atoms with Crippen molar-refractivity contribution < 1.29 is 14.2 Å². The Labute approximate surface area is 112 Å². The summed E-state index contributed by atoms with van der Waals surface area (Å²) >= 11 is 0. The van der Waals surface area contributed by atoms with Gasteiger partial charge in [-0.15, -0.1) is 0 Å². The van der Waals surface area contributed by atoms with Crippen molar-refractivity contribution in [2.24, 2.45) is 5.92 Å². The average Bonchev–Trinajstić information content (AvgIpc) is 2.45. The van der Waals surface area contributed by atoms with E-state index >= 15 is 0 Å². The van der Waals surface area contributed by atoms with E-state index in [1.165, 1.54) is 12.1 Å². The highest BCUT2D eigenvalue weighted by Gasteiger charge is 2.20. The van der Waals surface area contributed by atoms with Crippen LogP contribution in [0.2, 0.25) is 0 Å². The Kier molecular flexibility index (Phi) is 4.89. The number of hydrogen-bond donors (Lipinski definition) is 1. The summed E-state index contributed by atoms with van der Waals surface area (Å²) in [4.78, 5) is 0. The van der Waals surface area contributed by atoms with Gasteiger partial charge in [-0.3, -0.25) is 0 Å². The summed E-state index contributed by atoms with van der Waals surface area (Å²) in [5.74, 6) is 0.000787. The zero-order chi connectivity index (χ0) is 13.7. The number of halogens is 1. The van der Waals surface area contributed by atoms with Crippen molar-refractivity contribution in [3.8, 4) is 6.07 Å². The van der Waals surface area contributed by atoms with E-state index in [0.29, 0.717) is 23.7 Å². The second-order valence-electron chi connectivity index (χ2n) is 5.10. The predicted octanol–water partition coefficient (Wildman–Crippen LogP) is 2.77. The fraction of sp³-hybridized carbons (Fsp3) is 0.533. The van der Waals surface area contributed by atoms with Gasteiger partial charge in [0.2, 0.25) is 0 Å². The molecule has 102 valence electrons. The third kappa shape index (κ3) is 4.02. The summed E-state index contributed by atoms with van der Waals surface area (Å²) in [6, 6.07) is 6.21. The Morgan fingerprint density at radius 3 is 2.63 bits per heavy atom. The second-order valence-corrected chi connectivity index (χ2v) is 5.10. The van der Waals surface area contributed by atoms with Crippen LogP contribution >= 0.6 is 0 Å². The molecule has 1 aliphatic rings. The second kappa shape index (κ2) is 6.65. The molecule has 1 N–H and O–H groups in total. The average molecular weight is 263 g/mol. The molecule has 0 unspecified atom stereocenters. The quantitative estimate of drug-likeness (QED) is 0.908. The Morgan fingerprint density at radius 1 is 1.26 bits per heavy atom. The lowest BCUT2D eigenvalue weighted by atomic mass is 9.88. The lowest BCUT2D eigenvalue weighted by molar-refractivity contribution is 0.00111. The molecule has 0 amide bonds. The van der Waals surface area contributed by atoms with Gasteiger partial charge in [-0.1, -0.05) is 0 Å². The third-order valence-corrected chi connectivity index (χ3v) is 3.62. The van der Waals surface area contributed by atoms with E-state index in [0.717, 1.165) is 25.7 Å². The van der Waals surface area contributed by atoms with Crippen molar-refractivity contribution in [3.63, 3.8) is 0 Å². The smallest absolute Gasteiger partial charge is 0.124 e. The van der Waals surface area contributed by atoms with Crippen LogP contribution in [0.5, 0.6) is 0 Å². The summed E-state index contributed by atoms with van der Waals surface area (Å²) < 4.78 is 19.0. The number of aliphatic hydroxyl groups excluding tert-OH is 1. The third-order valence-electron chi connectivity index (χ3n) is 3.62. The van der Waals surface area contributed by atoms with Gasteiger partial charge in [0.05, 0.1) is 24.3 Å². The molecule has 0 atom stereocenters. The first kappa shape index (κ1) is 14.0. The Bertz CT molecular complexity index is 462. The molecular weight excluding hydrogens is 245 g/mol. The number of benzene rings is 1. The number of ether oxygens (including phenoxy) is 1. The van der Waals surface area contributed by atoms with Gasteiger partial charge < -0.3 is 9.84 Å². The predicted molar refractivity (Wildman–Crippen MR) is 68.7 cm³/mol. The minimum absolute atomic E-state index is 0.177. The Balaban J connectivity index is 1.86. The summed E-state index contributed by atoms with van der Waals surface area (Å²) in [5.41, 5.74) is 1.02. The Hall–Kier alpha value is -1.44. The summed E-state index contributed by atoms with van der Waals surface area (Å²) in [7, 11) is 0. The van der Waals surface area contributed by atoms with Crippen LogP contribution in [0.25, 0.3) is 0 Å². The molecule has 0 bridgehead atoms. The van der Waals surface area contributed by atoms with Crippen molar-refractivity contribution in [3.05, 3.63) is 35.1 Å². The molecule has 0 spiro atoms. The number of nitrogens with zero attached hydrogens (tertiary/aromatic N) is 1. The SMILES string of the molecule is N#Cc1cc(F)cc(COC2CCC(CO)CC2)c1. The molecule has 1 aromatic rings. The van der Waals surface area contributed by atoms with Crippen LogP contribution in [0.1, 0.15) is 36.8 Å². The van der Waals surface area contributed by atoms with Crippen LogP contribution in [0, 0.1) is 23.1 Å². The first-order chi connectivity index (χ1) is 9.21. The highest BCUT2D eigenvalue weighted by molar-refractivity contribution is 5.33. The van der Waals surface area contributed by atoms with E-state index in [9.17, 15) is 4.39 Å². The van der Waals surface area contributed by atoms with Gasteiger partial charge in [-0.2, -0.15) is 5.26 Å². The number of rotatable bonds is 4. The van der Waals surface area contributed by atoms with E-state index in [-0.39, 0.29) is 12.7 Å². The fourth-order valence-corrected chi connectivity index (χ4v) is 2.49. The van der Waals surface area contributed by atoms with Gasteiger partial charge in [0.25, 0.3) is 0 Å². The van der Waals surface area contributed by atoms with Gasteiger partial charge in [0, 0.05) is 6.61 Å². The molecule has 0 aliphatic heterocycles. The van der Waals surface area contributed by atoms with Gasteiger partial charge in [0.1, 0.15) is 5.82 Å².